The van der Waals surface area contributed by atoms with Gasteiger partial charge in [-0.1, -0.05) is 11.6 Å². The van der Waals surface area contributed by atoms with Crippen LogP contribution in [0.1, 0.15) is 10.4 Å². The van der Waals surface area contributed by atoms with Gasteiger partial charge in [0.05, 0.1) is 6.04 Å². The summed E-state index contributed by atoms with van der Waals surface area (Å²) in [6.45, 7) is 2.83. The molecule has 0 saturated carbocycles. The molecule has 0 unspecified atom stereocenters. The molecular formula is C12H17ClN4O. The van der Waals surface area contributed by atoms with Crippen LogP contribution in [0.15, 0.2) is 18.3 Å². The van der Waals surface area contributed by atoms with Crippen molar-refractivity contribution in [3.8, 4) is 0 Å². The van der Waals surface area contributed by atoms with Crippen molar-refractivity contribution in [2.75, 3.05) is 33.2 Å². The van der Waals surface area contributed by atoms with Gasteiger partial charge in [-0.3, -0.25) is 4.79 Å². The molecule has 2 heterocycles. The van der Waals surface area contributed by atoms with Crippen LogP contribution < -0.4 is 5.73 Å². The number of halogens is 1. The molecule has 0 bridgehead atoms. The minimum atomic E-state index is -0.0251. The van der Waals surface area contributed by atoms with E-state index in [4.69, 9.17) is 17.3 Å². The molecule has 0 aliphatic carbocycles. The van der Waals surface area contributed by atoms with E-state index in [2.05, 4.69) is 9.88 Å². The van der Waals surface area contributed by atoms with Crippen LogP contribution in [-0.2, 0) is 0 Å². The molecule has 1 atom stereocenters. The largest absolute Gasteiger partial charge is 0.332 e. The van der Waals surface area contributed by atoms with E-state index in [1.807, 2.05) is 11.9 Å². The lowest BCUT2D eigenvalue weighted by Gasteiger charge is -2.39. The number of nitrogens with two attached hydrogens (primary N) is 1. The number of amides is 1. The topological polar surface area (TPSA) is 62.5 Å². The van der Waals surface area contributed by atoms with Gasteiger partial charge in [0.1, 0.15) is 5.15 Å². The molecule has 98 valence electrons. The minimum absolute atomic E-state index is 0.0251. The fraction of sp³-hybridized carbons (Fsp3) is 0.500. The first-order valence-electron chi connectivity index (χ1n) is 5.93. The van der Waals surface area contributed by atoms with Crippen molar-refractivity contribution < 1.29 is 4.79 Å². The molecule has 6 heteroatoms. The lowest BCUT2D eigenvalue weighted by Crippen LogP contribution is -2.56. The summed E-state index contributed by atoms with van der Waals surface area (Å²) >= 11 is 5.81. The van der Waals surface area contributed by atoms with Crippen molar-refractivity contribution in [2.45, 2.75) is 6.04 Å². The summed E-state index contributed by atoms with van der Waals surface area (Å²) in [4.78, 5) is 20.3. The average Bonchev–Trinajstić information content (AvgIpc) is 2.37. The predicted octanol–water partition coefficient (Wildman–Crippen LogP) is 0.450. The van der Waals surface area contributed by atoms with E-state index >= 15 is 0 Å². The van der Waals surface area contributed by atoms with E-state index in [0.717, 1.165) is 13.1 Å². The Kier molecular flexibility index (Phi) is 4.16. The molecule has 1 amide bonds. The highest BCUT2D eigenvalue weighted by molar-refractivity contribution is 6.29. The van der Waals surface area contributed by atoms with E-state index in [1.54, 1.807) is 18.3 Å². The van der Waals surface area contributed by atoms with Gasteiger partial charge in [0, 0.05) is 37.9 Å². The van der Waals surface area contributed by atoms with Crippen molar-refractivity contribution >= 4 is 17.5 Å². The smallest absolute Gasteiger partial charge is 0.254 e. The molecule has 18 heavy (non-hydrogen) atoms. The summed E-state index contributed by atoms with van der Waals surface area (Å²) in [6, 6.07) is 3.33. The van der Waals surface area contributed by atoms with Gasteiger partial charge < -0.3 is 15.5 Å². The van der Waals surface area contributed by atoms with Gasteiger partial charge in [0.2, 0.25) is 0 Å². The van der Waals surface area contributed by atoms with Crippen molar-refractivity contribution in [3.05, 3.63) is 29.0 Å². The van der Waals surface area contributed by atoms with Crippen LogP contribution in [0.25, 0.3) is 0 Å². The second kappa shape index (κ2) is 5.65. The fourth-order valence-corrected chi connectivity index (χ4v) is 2.35. The summed E-state index contributed by atoms with van der Waals surface area (Å²) in [5, 5.41) is 0.333. The molecule has 0 spiro atoms. The van der Waals surface area contributed by atoms with E-state index in [9.17, 15) is 4.79 Å². The lowest BCUT2D eigenvalue weighted by molar-refractivity contribution is 0.0516. The molecule has 5 nitrogen and oxygen atoms in total. The van der Waals surface area contributed by atoms with Crippen LogP contribution in [0.5, 0.6) is 0 Å². The van der Waals surface area contributed by atoms with Gasteiger partial charge in [0.25, 0.3) is 5.91 Å². The molecule has 1 aliphatic heterocycles. The van der Waals surface area contributed by atoms with Gasteiger partial charge in [-0.15, -0.1) is 0 Å². The van der Waals surface area contributed by atoms with Crippen LogP contribution >= 0.6 is 11.6 Å². The molecule has 0 aromatic carbocycles. The Bertz CT molecular complexity index is 440. The van der Waals surface area contributed by atoms with E-state index in [1.165, 1.54) is 0 Å². The van der Waals surface area contributed by atoms with Crippen LogP contribution in [-0.4, -0.2) is 60.0 Å². The quantitative estimate of drug-likeness (QED) is 0.791. The average molecular weight is 269 g/mol. The highest BCUT2D eigenvalue weighted by Gasteiger charge is 2.28. The first-order chi connectivity index (χ1) is 8.61. The Hall–Kier alpha value is -1.17. The van der Waals surface area contributed by atoms with Crippen LogP contribution in [0, 0.1) is 0 Å². The number of carbonyl (C=O) groups is 1. The number of rotatable bonds is 2. The van der Waals surface area contributed by atoms with Gasteiger partial charge >= 0.3 is 0 Å². The zero-order valence-electron chi connectivity index (χ0n) is 10.3. The molecular weight excluding hydrogens is 252 g/mol. The first-order valence-corrected chi connectivity index (χ1v) is 6.30. The van der Waals surface area contributed by atoms with Gasteiger partial charge in [-0.25, -0.2) is 4.98 Å². The third-order valence-electron chi connectivity index (χ3n) is 3.19. The number of piperazine rings is 1. The second-order valence-electron chi connectivity index (χ2n) is 4.52. The second-order valence-corrected chi connectivity index (χ2v) is 4.90. The Morgan fingerprint density at radius 3 is 3.06 bits per heavy atom. The molecule has 2 N–H and O–H groups in total. The van der Waals surface area contributed by atoms with E-state index < -0.39 is 0 Å². The Balaban J connectivity index is 2.17. The molecule has 2 rings (SSSR count). The maximum absolute atomic E-state index is 12.4. The molecule has 0 radical (unpaired) electrons. The third-order valence-corrected chi connectivity index (χ3v) is 3.40. The SMILES string of the molecule is CN1CCN(C(=O)c2ccnc(Cl)c2)[C@H](CN)C1. The monoisotopic (exact) mass is 268 g/mol. The summed E-state index contributed by atoms with van der Waals surface area (Å²) in [6.07, 6.45) is 1.54. The van der Waals surface area contributed by atoms with Gasteiger partial charge in [0.15, 0.2) is 0 Å². The number of hydrogen-bond acceptors (Lipinski definition) is 4. The minimum Gasteiger partial charge on any atom is -0.332 e. The van der Waals surface area contributed by atoms with Crippen molar-refractivity contribution in [3.63, 3.8) is 0 Å². The number of hydrogen-bond donors (Lipinski definition) is 1. The summed E-state index contributed by atoms with van der Waals surface area (Å²) in [5.74, 6) is -0.0251. The maximum Gasteiger partial charge on any atom is 0.254 e. The standard InChI is InChI=1S/C12H17ClN4O/c1-16-4-5-17(10(7-14)8-16)12(18)9-2-3-15-11(13)6-9/h2-3,6,10H,4-5,7-8,14H2,1H3/t10-/m1/s1. The molecule has 1 aliphatic rings. The molecule has 1 aromatic rings. The first kappa shape index (κ1) is 13.3. The van der Waals surface area contributed by atoms with E-state index in [-0.39, 0.29) is 11.9 Å². The van der Waals surface area contributed by atoms with Crippen molar-refractivity contribution in [1.29, 1.82) is 0 Å². The van der Waals surface area contributed by atoms with E-state index in [0.29, 0.717) is 23.8 Å². The highest BCUT2D eigenvalue weighted by Crippen LogP contribution is 2.14. The fourth-order valence-electron chi connectivity index (χ4n) is 2.18. The van der Waals surface area contributed by atoms with Crippen LogP contribution in [0.4, 0.5) is 0 Å². The molecule has 1 fully saturated rings. The maximum atomic E-state index is 12.4. The zero-order valence-corrected chi connectivity index (χ0v) is 11.1. The predicted molar refractivity (Wildman–Crippen MR) is 70.6 cm³/mol. The Labute approximate surface area is 112 Å². The number of carbonyl (C=O) groups excluding carboxylic acids is 1. The van der Waals surface area contributed by atoms with Crippen molar-refractivity contribution in [2.24, 2.45) is 5.73 Å². The molecule has 1 saturated heterocycles. The van der Waals surface area contributed by atoms with Crippen LogP contribution in [0.2, 0.25) is 5.15 Å². The number of aromatic nitrogens is 1. The summed E-state index contributed by atoms with van der Waals surface area (Å²) < 4.78 is 0. The molecule has 1 aromatic heterocycles. The number of nitrogens with zero attached hydrogens (tertiary/aromatic N) is 3. The number of likely N-dealkylation sites (N-methyl/N-ethyl adjacent to an activating group) is 1. The zero-order chi connectivity index (χ0) is 13.1. The third kappa shape index (κ3) is 2.80. The Morgan fingerprint density at radius 1 is 1.61 bits per heavy atom. The summed E-state index contributed by atoms with van der Waals surface area (Å²) in [7, 11) is 2.04. The highest BCUT2D eigenvalue weighted by atomic mass is 35.5. The normalized spacial score (nSPS) is 21.1. The lowest BCUT2D eigenvalue weighted by atomic mass is 10.1. The van der Waals surface area contributed by atoms with Crippen molar-refractivity contribution in [1.82, 2.24) is 14.8 Å². The van der Waals surface area contributed by atoms with Crippen LogP contribution in [0.3, 0.4) is 0 Å². The number of pyridine rings is 1. The Morgan fingerprint density at radius 2 is 2.39 bits per heavy atom. The summed E-state index contributed by atoms with van der Waals surface area (Å²) in [5.41, 5.74) is 6.31. The van der Waals surface area contributed by atoms with Gasteiger partial charge in [-0.2, -0.15) is 0 Å². The van der Waals surface area contributed by atoms with Gasteiger partial charge in [-0.05, 0) is 19.2 Å².